The molecule has 0 radical (unpaired) electrons. The molecular formula is C26H47NO. The molecule has 0 saturated heterocycles. The van der Waals surface area contributed by atoms with Crippen LogP contribution in [0.25, 0.3) is 0 Å². The van der Waals surface area contributed by atoms with Crippen molar-refractivity contribution in [3.63, 3.8) is 0 Å². The first kappa shape index (κ1) is 25.2. The molecule has 1 rings (SSSR count). The van der Waals surface area contributed by atoms with Crippen molar-refractivity contribution in [2.45, 2.75) is 130 Å². The summed E-state index contributed by atoms with van der Waals surface area (Å²) in [5.41, 5.74) is -0.720. The van der Waals surface area contributed by atoms with E-state index in [1.54, 1.807) is 0 Å². The SMILES string of the molecule is CCCCCC(C#N)(C=O)CCCC(CCCC)C1CCC(CCCC)CC1. The third-order valence-electron chi connectivity index (χ3n) is 7.32. The Bertz CT molecular complexity index is 432. The van der Waals surface area contributed by atoms with Gasteiger partial charge in [-0.05, 0) is 43.4 Å². The minimum atomic E-state index is -0.720. The van der Waals surface area contributed by atoms with Crippen molar-refractivity contribution in [2.75, 3.05) is 0 Å². The van der Waals surface area contributed by atoms with Gasteiger partial charge in [-0.25, -0.2) is 0 Å². The summed E-state index contributed by atoms with van der Waals surface area (Å²) in [6, 6.07) is 2.38. The minimum absolute atomic E-state index is 0.720. The molecule has 1 aliphatic rings. The zero-order chi connectivity index (χ0) is 20.7. The number of carbonyl (C=O) groups is 1. The summed E-state index contributed by atoms with van der Waals surface area (Å²) in [6.45, 7) is 6.76. The molecule has 1 saturated carbocycles. The van der Waals surface area contributed by atoms with Gasteiger partial charge in [-0.3, -0.25) is 0 Å². The Labute approximate surface area is 175 Å². The molecule has 0 bridgehead atoms. The lowest BCUT2D eigenvalue weighted by Crippen LogP contribution is -2.24. The van der Waals surface area contributed by atoms with Crippen LogP contribution in [0.2, 0.25) is 0 Å². The molecule has 2 atom stereocenters. The van der Waals surface area contributed by atoms with E-state index in [2.05, 4.69) is 26.8 Å². The Hall–Kier alpha value is -0.840. The molecule has 28 heavy (non-hydrogen) atoms. The number of rotatable bonds is 16. The van der Waals surface area contributed by atoms with Crippen molar-refractivity contribution in [1.82, 2.24) is 0 Å². The van der Waals surface area contributed by atoms with E-state index in [0.29, 0.717) is 0 Å². The van der Waals surface area contributed by atoms with Gasteiger partial charge in [0.05, 0.1) is 6.07 Å². The summed E-state index contributed by atoms with van der Waals surface area (Å²) < 4.78 is 0. The maximum absolute atomic E-state index is 11.7. The summed E-state index contributed by atoms with van der Waals surface area (Å²) in [5.74, 6) is 2.67. The highest BCUT2D eigenvalue weighted by Gasteiger charge is 2.31. The van der Waals surface area contributed by atoms with Crippen LogP contribution in [0.3, 0.4) is 0 Å². The van der Waals surface area contributed by atoms with E-state index < -0.39 is 5.41 Å². The first-order valence-electron chi connectivity index (χ1n) is 12.5. The van der Waals surface area contributed by atoms with Crippen LogP contribution in [0.5, 0.6) is 0 Å². The van der Waals surface area contributed by atoms with E-state index in [9.17, 15) is 10.1 Å². The standard InChI is InChI=1S/C26H47NO/c1-4-7-10-19-26(21-27,22-28)20-11-14-24(13-9-6-3)25-17-15-23(16-18-25)12-8-5-2/h22-25H,4-20H2,1-3H3. The molecule has 162 valence electrons. The first-order valence-corrected chi connectivity index (χ1v) is 12.5. The monoisotopic (exact) mass is 389 g/mol. The second-order valence-corrected chi connectivity index (χ2v) is 9.56. The first-order chi connectivity index (χ1) is 13.6. The summed E-state index contributed by atoms with van der Waals surface area (Å²) >= 11 is 0. The normalized spacial score (nSPS) is 22.9. The molecule has 1 aliphatic carbocycles. The Morgan fingerprint density at radius 3 is 2.07 bits per heavy atom. The molecule has 0 aromatic carbocycles. The largest absolute Gasteiger partial charge is 0.302 e. The number of aldehydes is 1. The second kappa shape index (κ2) is 15.1. The Kier molecular flexibility index (Phi) is 13.6. The highest BCUT2D eigenvalue weighted by atomic mass is 16.1. The fourth-order valence-corrected chi connectivity index (χ4v) is 5.27. The van der Waals surface area contributed by atoms with Gasteiger partial charge in [0, 0.05) is 0 Å². The molecular weight excluding hydrogens is 342 g/mol. The Morgan fingerprint density at radius 2 is 1.50 bits per heavy atom. The lowest BCUT2D eigenvalue weighted by molar-refractivity contribution is -0.114. The molecule has 0 aromatic heterocycles. The third kappa shape index (κ3) is 9.11. The molecule has 0 amide bonds. The molecule has 0 spiro atoms. The van der Waals surface area contributed by atoms with E-state index in [1.807, 2.05) is 0 Å². The van der Waals surface area contributed by atoms with Crippen LogP contribution in [0.15, 0.2) is 0 Å². The van der Waals surface area contributed by atoms with Crippen molar-refractivity contribution in [3.8, 4) is 6.07 Å². The van der Waals surface area contributed by atoms with E-state index in [0.717, 1.165) is 62.6 Å². The van der Waals surface area contributed by atoms with E-state index >= 15 is 0 Å². The summed E-state index contributed by atoms with van der Waals surface area (Å²) in [5, 5.41) is 9.65. The van der Waals surface area contributed by atoms with Gasteiger partial charge in [0.25, 0.3) is 0 Å². The predicted molar refractivity (Wildman–Crippen MR) is 120 cm³/mol. The van der Waals surface area contributed by atoms with Crippen LogP contribution in [-0.2, 0) is 4.79 Å². The fraction of sp³-hybridized carbons (Fsp3) is 0.923. The van der Waals surface area contributed by atoms with Gasteiger partial charge in [0.1, 0.15) is 11.7 Å². The number of hydrogen-bond acceptors (Lipinski definition) is 2. The molecule has 0 heterocycles. The van der Waals surface area contributed by atoms with Crippen molar-refractivity contribution in [3.05, 3.63) is 0 Å². The van der Waals surface area contributed by atoms with Gasteiger partial charge in [0.15, 0.2) is 0 Å². The molecule has 0 aromatic rings. The predicted octanol–water partition coefficient (Wildman–Crippen LogP) is 8.25. The molecule has 0 N–H and O–H groups in total. The van der Waals surface area contributed by atoms with Crippen LogP contribution >= 0.6 is 0 Å². The lowest BCUT2D eigenvalue weighted by Gasteiger charge is -2.34. The highest BCUT2D eigenvalue weighted by Crippen LogP contribution is 2.40. The van der Waals surface area contributed by atoms with Gasteiger partial charge in [-0.15, -0.1) is 0 Å². The van der Waals surface area contributed by atoms with E-state index in [1.165, 1.54) is 70.6 Å². The maximum Gasteiger partial charge on any atom is 0.140 e. The van der Waals surface area contributed by atoms with Gasteiger partial charge < -0.3 is 4.79 Å². The molecule has 1 fully saturated rings. The smallest absolute Gasteiger partial charge is 0.140 e. The number of unbranched alkanes of at least 4 members (excludes halogenated alkanes) is 4. The minimum Gasteiger partial charge on any atom is -0.302 e. The van der Waals surface area contributed by atoms with Gasteiger partial charge in [0.2, 0.25) is 0 Å². The summed E-state index contributed by atoms with van der Waals surface area (Å²) in [7, 11) is 0. The van der Waals surface area contributed by atoms with Crippen molar-refractivity contribution >= 4 is 6.29 Å². The Morgan fingerprint density at radius 1 is 0.893 bits per heavy atom. The summed E-state index contributed by atoms with van der Waals surface area (Å²) in [6.07, 6.45) is 21.8. The van der Waals surface area contributed by atoms with Gasteiger partial charge in [-0.2, -0.15) is 5.26 Å². The zero-order valence-corrected chi connectivity index (χ0v) is 19.2. The van der Waals surface area contributed by atoms with Crippen LogP contribution in [0, 0.1) is 34.5 Å². The van der Waals surface area contributed by atoms with Crippen LogP contribution < -0.4 is 0 Å². The highest BCUT2D eigenvalue weighted by molar-refractivity contribution is 5.63. The number of nitriles is 1. The average Bonchev–Trinajstić information content (AvgIpc) is 2.74. The fourth-order valence-electron chi connectivity index (χ4n) is 5.27. The van der Waals surface area contributed by atoms with E-state index in [4.69, 9.17) is 0 Å². The van der Waals surface area contributed by atoms with Crippen molar-refractivity contribution < 1.29 is 4.79 Å². The topological polar surface area (TPSA) is 40.9 Å². The third-order valence-corrected chi connectivity index (χ3v) is 7.32. The molecule has 2 unspecified atom stereocenters. The van der Waals surface area contributed by atoms with Crippen molar-refractivity contribution in [1.29, 1.82) is 5.26 Å². The summed E-state index contributed by atoms with van der Waals surface area (Å²) in [4.78, 5) is 11.7. The van der Waals surface area contributed by atoms with Crippen LogP contribution in [-0.4, -0.2) is 6.29 Å². The van der Waals surface area contributed by atoms with Gasteiger partial charge in [-0.1, -0.05) is 104 Å². The quantitative estimate of drug-likeness (QED) is 0.197. The maximum atomic E-state index is 11.7. The second-order valence-electron chi connectivity index (χ2n) is 9.56. The Balaban J connectivity index is 2.52. The number of hydrogen-bond donors (Lipinski definition) is 0. The molecule has 2 heteroatoms. The van der Waals surface area contributed by atoms with E-state index in [-0.39, 0.29) is 0 Å². The lowest BCUT2D eigenvalue weighted by atomic mass is 9.71. The number of nitrogens with zero attached hydrogens (tertiary/aromatic N) is 1. The zero-order valence-electron chi connectivity index (χ0n) is 19.2. The average molecular weight is 390 g/mol. The molecule has 2 nitrogen and oxygen atoms in total. The van der Waals surface area contributed by atoms with Gasteiger partial charge >= 0.3 is 0 Å². The van der Waals surface area contributed by atoms with Crippen LogP contribution in [0.4, 0.5) is 0 Å². The number of carbonyl (C=O) groups excluding carboxylic acids is 1. The van der Waals surface area contributed by atoms with Crippen molar-refractivity contribution in [2.24, 2.45) is 23.2 Å². The molecule has 0 aliphatic heterocycles. The van der Waals surface area contributed by atoms with Crippen LogP contribution in [0.1, 0.15) is 130 Å².